The largest absolute Gasteiger partial charge is 0.497 e. The van der Waals surface area contributed by atoms with Gasteiger partial charge in [0.15, 0.2) is 0 Å². The fourth-order valence-corrected chi connectivity index (χ4v) is 6.40. The number of benzene rings is 1. The summed E-state index contributed by atoms with van der Waals surface area (Å²) in [5.41, 5.74) is -1.45. The van der Waals surface area contributed by atoms with Crippen molar-refractivity contribution < 1.29 is 33.7 Å². The van der Waals surface area contributed by atoms with Crippen molar-refractivity contribution >= 4 is 23.5 Å². The summed E-state index contributed by atoms with van der Waals surface area (Å²) in [5.74, 6) is -2.23. The molecule has 0 aliphatic carbocycles. The number of β-amino-alcohol motifs (C(OH)–C–C–N with tert-alkyl or cyclic N) is 1. The molecule has 3 aliphatic heterocycles. The van der Waals surface area contributed by atoms with Gasteiger partial charge in [0.2, 0.25) is 5.91 Å². The summed E-state index contributed by atoms with van der Waals surface area (Å²) in [4.78, 5) is 44.5. The van der Waals surface area contributed by atoms with Crippen LogP contribution < -0.4 is 9.64 Å². The van der Waals surface area contributed by atoms with E-state index in [1.165, 1.54) is 4.90 Å². The summed E-state index contributed by atoms with van der Waals surface area (Å²) in [7, 11) is 1.56. The standard InChI is InChI=1S/C28H36N2O7/c1-5-8-18-36-26(34)22-21-24(32)30(16-17-31)23(28(21)14-13-27(22,7-3)37-28)25(33)29(15-6-2)19-9-11-20(35-4)12-10-19/h5-6,9-12,21-23,31H,1-2,7-8,13-18H2,3-4H3/t21-,22-,23?,27+,28?/m0/s1. The molecule has 2 unspecified atom stereocenters. The maximum absolute atomic E-state index is 14.3. The van der Waals surface area contributed by atoms with Gasteiger partial charge in [-0.2, -0.15) is 0 Å². The Hall–Kier alpha value is -3.17. The number of anilines is 1. The van der Waals surface area contributed by atoms with E-state index in [9.17, 15) is 19.5 Å². The fraction of sp³-hybridized carbons (Fsp3) is 0.536. The molecule has 3 heterocycles. The highest BCUT2D eigenvalue weighted by Crippen LogP contribution is 2.64. The number of methoxy groups -OCH3 is 1. The second-order valence-corrected chi connectivity index (χ2v) is 9.77. The molecular formula is C28H36N2O7. The van der Waals surface area contributed by atoms with E-state index in [2.05, 4.69) is 13.2 Å². The number of aliphatic hydroxyl groups is 1. The Bertz CT molecular complexity index is 1060. The lowest BCUT2D eigenvalue weighted by Crippen LogP contribution is -2.56. The van der Waals surface area contributed by atoms with Crippen molar-refractivity contribution in [1.82, 2.24) is 4.90 Å². The minimum Gasteiger partial charge on any atom is -0.497 e. The van der Waals surface area contributed by atoms with Gasteiger partial charge in [0.1, 0.15) is 23.3 Å². The minimum absolute atomic E-state index is 0.0429. The van der Waals surface area contributed by atoms with Gasteiger partial charge in [-0.05, 0) is 49.9 Å². The van der Waals surface area contributed by atoms with Crippen LogP contribution in [-0.2, 0) is 23.9 Å². The average molecular weight is 513 g/mol. The molecule has 3 aliphatic rings. The van der Waals surface area contributed by atoms with Gasteiger partial charge in [-0.25, -0.2) is 0 Å². The molecule has 1 aromatic rings. The van der Waals surface area contributed by atoms with Gasteiger partial charge in [0, 0.05) is 18.8 Å². The Morgan fingerprint density at radius 1 is 1.24 bits per heavy atom. The number of rotatable bonds is 12. The van der Waals surface area contributed by atoms with Crippen LogP contribution in [0.25, 0.3) is 0 Å². The number of amides is 2. The molecular weight excluding hydrogens is 476 g/mol. The highest BCUT2D eigenvalue weighted by molar-refractivity contribution is 6.04. The summed E-state index contributed by atoms with van der Waals surface area (Å²) in [6, 6.07) is 6.04. The zero-order valence-corrected chi connectivity index (χ0v) is 21.6. The van der Waals surface area contributed by atoms with E-state index in [1.54, 1.807) is 48.4 Å². The van der Waals surface area contributed by atoms with Crippen molar-refractivity contribution in [1.29, 1.82) is 0 Å². The highest BCUT2D eigenvalue weighted by Gasteiger charge is 2.79. The highest BCUT2D eigenvalue weighted by atomic mass is 16.6. The summed E-state index contributed by atoms with van der Waals surface area (Å²) < 4.78 is 17.5. The first-order chi connectivity index (χ1) is 17.8. The van der Waals surface area contributed by atoms with Crippen molar-refractivity contribution in [3.05, 3.63) is 49.6 Å². The number of carbonyl (C=O) groups excluding carboxylic acids is 3. The van der Waals surface area contributed by atoms with E-state index >= 15 is 0 Å². The number of esters is 1. The van der Waals surface area contributed by atoms with Gasteiger partial charge in [0.25, 0.3) is 5.91 Å². The van der Waals surface area contributed by atoms with Crippen molar-refractivity contribution in [3.8, 4) is 5.75 Å². The fourth-order valence-electron chi connectivity index (χ4n) is 6.40. The Balaban J connectivity index is 1.75. The van der Waals surface area contributed by atoms with E-state index in [1.807, 2.05) is 6.92 Å². The summed E-state index contributed by atoms with van der Waals surface area (Å²) >= 11 is 0. The molecule has 2 bridgehead atoms. The van der Waals surface area contributed by atoms with Gasteiger partial charge in [-0.3, -0.25) is 14.4 Å². The van der Waals surface area contributed by atoms with Crippen LogP contribution in [0.4, 0.5) is 5.69 Å². The topological polar surface area (TPSA) is 106 Å². The summed E-state index contributed by atoms with van der Waals surface area (Å²) in [5, 5.41) is 9.82. The maximum Gasteiger partial charge on any atom is 0.312 e. The van der Waals surface area contributed by atoms with Crippen LogP contribution in [0.5, 0.6) is 5.75 Å². The number of carbonyl (C=O) groups is 3. The number of hydrogen-bond acceptors (Lipinski definition) is 7. The Morgan fingerprint density at radius 2 is 1.97 bits per heavy atom. The smallest absolute Gasteiger partial charge is 0.312 e. The quantitative estimate of drug-likeness (QED) is 0.261. The van der Waals surface area contributed by atoms with Crippen LogP contribution in [-0.4, -0.2) is 78.4 Å². The molecule has 1 spiro atoms. The van der Waals surface area contributed by atoms with Crippen LogP contribution in [0.2, 0.25) is 0 Å². The molecule has 0 saturated carbocycles. The third-order valence-corrected chi connectivity index (χ3v) is 8.04. The number of fused-ring (bicyclic) bond motifs is 1. The van der Waals surface area contributed by atoms with Gasteiger partial charge in [-0.15, -0.1) is 13.2 Å². The number of likely N-dealkylation sites (tertiary alicyclic amines) is 1. The van der Waals surface area contributed by atoms with E-state index in [-0.39, 0.29) is 38.1 Å². The molecule has 1 aromatic carbocycles. The molecule has 1 N–H and O–H groups in total. The van der Waals surface area contributed by atoms with Gasteiger partial charge in [0.05, 0.1) is 31.8 Å². The molecule has 2 amide bonds. The maximum atomic E-state index is 14.3. The van der Waals surface area contributed by atoms with Crippen LogP contribution in [0.15, 0.2) is 49.6 Å². The summed E-state index contributed by atoms with van der Waals surface area (Å²) in [6.07, 6.45) is 5.28. The number of ether oxygens (including phenoxy) is 3. The first-order valence-electron chi connectivity index (χ1n) is 12.8. The zero-order chi connectivity index (χ0) is 26.8. The monoisotopic (exact) mass is 512 g/mol. The lowest BCUT2D eigenvalue weighted by Gasteiger charge is -2.36. The van der Waals surface area contributed by atoms with Crippen molar-refractivity contribution in [2.24, 2.45) is 11.8 Å². The van der Waals surface area contributed by atoms with Crippen molar-refractivity contribution in [2.75, 3.05) is 38.3 Å². The Morgan fingerprint density at radius 3 is 2.57 bits per heavy atom. The average Bonchev–Trinajstić information content (AvgIpc) is 3.51. The van der Waals surface area contributed by atoms with Gasteiger partial charge < -0.3 is 29.1 Å². The Labute approximate surface area is 217 Å². The van der Waals surface area contributed by atoms with Crippen LogP contribution >= 0.6 is 0 Å². The second-order valence-electron chi connectivity index (χ2n) is 9.77. The van der Waals surface area contributed by atoms with Crippen molar-refractivity contribution in [3.63, 3.8) is 0 Å². The third kappa shape index (κ3) is 4.24. The molecule has 0 radical (unpaired) electrons. The summed E-state index contributed by atoms with van der Waals surface area (Å²) in [6.45, 7) is 9.40. The molecule has 0 aromatic heterocycles. The number of hydrogen-bond donors (Lipinski definition) is 1. The zero-order valence-electron chi connectivity index (χ0n) is 21.6. The second kappa shape index (κ2) is 10.7. The van der Waals surface area contributed by atoms with E-state index in [4.69, 9.17) is 14.2 Å². The lowest BCUT2D eigenvalue weighted by molar-refractivity contribution is -0.160. The molecule has 200 valence electrons. The minimum atomic E-state index is -1.19. The van der Waals surface area contributed by atoms with Gasteiger partial charge in [-0.1, -0.05) is 19.1 Å². The van der Waals surface area contributed by atoms with E-state index in [0.29, 0.717) is 37.1 Å². The lowest BCUT2D eigenvalue weighted by atomic mass is 9.65. The molecule has 37 heavy (non-hydrogen) atoms. The number of aliphatic hydroxyl groups excluding tert-OH is 1. The van der Waals surface area contributed by atoms with Crippen LogP contribution in [0, 0.1) is 11.8 Å². The first kappa shape index (κ1) is 26.9. The predicted octanol–water partition coefficient (Wildman–Crippen LogP) is 2.48. The molecule has 3 fully saturated rings. The predicted molar refractivity (Wildman–Crippen MR) is 137 cm³/mol. The Kier molecular flexibility index (Phi) is 7.75. The normalized spacial score (nSPS) is 29.6. The molecule has 5 atom stereocenters. The number of nitrogens with zero attached hydrogens (tertiary/aromatic N) is 2. The first-order valence-corrected chi connectivity index (χ1v) is 12.8. The third-order valence-electron chi connectivity index (χ3n) is 8.04. The molecule has 3 saturated heterocycles. The van der Waals surface area contributed by atoms with Crippen LogP contribution in [0.1, 0.15) is 32.6 Å². The molecule has 4 rings (SSSR count). The SMILES string of the molecule is C=CCCOC(=O)[C@@H]1[C@H]2C(=O)N(CCO)C(C(=O)N(CC=C)c3ccc(OC)cc3)C23CC[C@@]1(CC)O3. The van der Waals surface area contributed by atoms with E-state index in [0.717, 1.165) is 0 Å². The van der Waals surface area contributed by atoms with Crippen LogP contribution in [0.3, 0.4) is 0 Å². The molecule has 9 heteroatoms. The van der Waals surface area contributed by atoms with Crippen molar-refractivity contribution in [2.45, 2.75) is 49.9 Å². The van der Waals surface area contributed by atoms with Gasteiger partial charge >= 0.3 is 5.97 Å². The van der Waals surface area contributed by atoms with E-state index < -0.39 is 35.0 Å². The molecule has 9 nitrogen and oxygen atoms in total.